The summed E-state index contributed by atoms with van der Waals surface area (Å²) in [5.41, 5.74) is 2.69. The molecular weight excluding hydrogens is 422 g/mol. The fraction of sp³-hybridized carbons (Fsp3) is 0.167. The monoisotopic (exact) mass is 445 g/mol. The molecule has 0 aliphatic rings. The minimum Gasteiger partial charge on any atom is -0.497 e. The van der Waals surface area contributed by atoms with E-state index >= 15 is 0 Å². The molecule has 7 nitrogen and oxygen atoms in total. The third-order valence-corrected chi connectivity index (χ3v) is 5.95. The third kappa shape index (κ3) is 5.33. The molecule has 162 valence electrons. The summed E-state index contributed by atoms with van der Waals surface area (Å²) in [6.45, 7) is 0.552. The summed E-state index contributed by atoms with van der Waals surface area (Å²) in [5, 5.41) is 15.1. The normalized spacial score (nSPS) is 10.7. The Hall–Kier alpha value is -3.65. The Morgan fingerprint density at radius 2 is 1.75 bits per heavy atom. The van der Waals surface area contributed by atoms with E-state index < -0.39 is 0 Å². The summed E-state index contributed by atoms with van der Waals surface area (Å²) in [6, 6.07) is 25.2. The molecule has 1 aromatic heterocycles. The van der Waals surface area contributed by atoms with Gasteiger partial charge in [0.2, 0.25) is 0 Å². The number of nitrogens with one attached hydrogen (secondary N) is 1. The van der Waals surface area contributed by atoms with Gasteiger partial charge in [-0.25, -0.2) is 0 Å². The van der Waals surface area contributed by atoms with Gasteiger partial charge in [0.05, 0.1) is 24.1 Å². The largest absolute Gasteiger partial charge is 0.497 e. The number of carbonyl (C=O) groups excluding carboxylic acids is 1. The first-order valence-corrected chi connectivity index (χ1v) is 11.2. The fourth-order valence-electron chi connectivity index (χ4n) is 3.20. The lowest BCUT2D eigenvalue weighted by Crippen LogP contribution is -2.26. The van der Waals surface area contributed by atoms with Crippen LogP contribution in [0.1, 0.15) is 21.7 Å². The zero-order valence-corrected chi connectivity index (χ0v) is 18.5. The molecule has 0 aliphatic heterocycles. The molecule has 0 spiro atoms. The van der Waals surface area contributed by atoms with Crippen LogP contribution in [-0.4, -0.2) is 39.8 Å². The van der Waals surface area contributed by atoms with Crippen molar-refractivity contribution in [1.82, 2.24) is 25.5 Å². The van der Waals surface area contributed by atoms with Crippen LogP contribution >= 0.6 is 11.8 Å². The molecule has 1 N–H and O–H groups in total. The van der Waals surface area contributed by atoms with Crippen molar-refractivity contribution in [2.75, 3.05) is 13.7 Å². The molecular formula is C24H23N5O2S. The minimum atomic E-state index is -0.0933. The van der Waals surface area contributed by atoms with Crippen molar-refractivity contribution in [1.29, 1.82) is 0 Å². The van der Waals surface area contributed by atoms with Crippen LogP contribution in [0.15, 0.2) is 83.8 Å². The van der Waals surface area contributed by atoms with Gasteiger partial charge in [0.1, 0.15) is 5.75 Å². The van der Waals surface area contributed by atoms with E-state index in [1.807, 2.05) is 78.9 Å². The van der Waals surface area contributed by atoms with Crippen LogP contribution in [0.5, 0.6) is 5.75 Å². The summed E-state index contributed by atoms with van der Waals surface area (Å²) >= 11 is 1.54. The van der Waals surface area contributed by atoms with Gasteiger partial charge >= 0.3 is 0 Å². The van der Waals surface area contributed by atoms with Crippen LogP contribution in [0.4, 0.5) is 0 Å². The molecule has 3 aromatic carbocycles. The first-order valence-electron chi connectivity index (χ1n) is 10.2. The third-order valence-electron chi connectivity index (χ3n) is 4.88. The Morgan fingerprint density at radius 3 is 2.53 bits per heavy atom. The Kier molecular flexibility index (Phi) is 7.14. The Balaban J connectivity index is 1.37. The summed E-state index contributed by atoms with van der Waals surface area (Å²) in [7, 11) is 1.65. The Bertz CT molecular complexity index is 1160. The maximum absolute atomic E-state index is 12.8. The Morgan fingerprint density at radius 1 is 1.00 bits per heavy atom. The van der Waals surface area contributed by atoms with E-state index in [-0.39, 0.29) is 5.91 Å². The molecule has 0 unspecified atom stereocenters. The highest BCUT2D eigenvalue weighted by atomic mass is 32.2. The van der Waals surface area contributed by atoms with Crippen molar-refractivity contribution in [2.24, 2.45) is 0 Å². The number of tetrazole rings is 1. The quantitative estimate of drug-likeness (QED) is 0.393. The van der Waals surface area contributed by atoms with E-state index in [1.54, 1.807) is 11.8 Å². The number of hydrogen-bond donors (Lipinski definition) is 1. The summed E-state index contributed by atoms with van der Waals surface area (Å²) in [5.74, 6) is 1.99. The molecule has 4 aromatic rings. The van der Waals surface area contributed by atoms with Crippen molar-refractivity contribution in [3.05, 3.63) is 95.8 Å². The maximum atomic E-state index is 12.8. The number of para-hydroxylation sites is 1. The van der Waals surface area contributed by atoms with Gasteiger partial charge in [-0.2, -0.15) is 4.68 Å². The van der Waals surface area contributed by atoms with E-state index in [9.17, 15) is 4.79 Å². The molecule has 32 heavy (non-hydrogen) atoms. The predicted molar refractivity (Wildman–Crippen MR) is 124 cm³/mol. The number of nitrogens with zero attached hydrogens (tertiary/aromatic N) is 4. The van der Waals surface area contributed by atoms with Crippen molar-refractivity contribution in [3.63, 3.8) is 0 Å². The van der Waals surface area contributed by atoms with Gasteiger partial charge in [-0.15, -0.1) is 16.9 Å². The van der Waals surface area contributed by atoms with E-state index in [0.29, 0.717) is 17.9 Å². The zero-order chi connectivity index (χ0) is 22.2. The van der Waals surface area contributed by atoms with Gasteiger partial charge in [0.25, 0.3) is 5.91 Å². The number of thioether (sulfide) groups is 1. The number of hydrogen-bond acceptors (Lipinski definition) is 6. The van der Waals surface area contributed by atoms with Crippen LogP contribution < -0.4 is 10.1 Å². The molecule has 0 radical (unpaired) electrons. The maximum Gasteiger partial charge on any atom is 0.252 e. The minimum absolute atomic E-state index is 0.0933. The van der Waals surface area contributed by atoms with Crippen LogP contribution in [0.2, 0.25) is 0 Å². The first-order chi connectivity index (χ1) is 15.7. The highest BCUT2D eigenvalue weighted by Crippen LogP contribution is 2.26. The summed E-state index contributed by atoms with van der Waals surface area (Å²) in [4.78, 5) is 13.7. The number of carbonyl (C=O) groups is 1. The van der Waals surface area contributed by atoms with Gasteiger partial charge in [0, 0.05) is 11.4 Å². The SMILES string of the molecule is COc1ccc(CCNC(=O)c2ccccc2SCc2nnnn2-c2ccccc2)cc1. The molecule has 0 atom stereocenters. The summed E-state index contributed by atoms with van der Waals surface area (Å²) < 4.78 is 6.89. The van der Waals surface area contributed by atoms with Gasteiger partial charge < -0.3 is 10.1 Å². The zero-order valence-electron chi connectivity index (χ0n) is 17.6. The second-order valence-electron chi connectivity index (χ2n) is 6.98. The van der Waals surface area contributed by atoms with Crippen LogP contribution in [-0.2, 0) is 12.2 Å². The average molecular weight is 446 g/mol. The van der Waals surface area contributed by atoms with Crippen LogP contribution in [0.25, 0.3) is 5.69 Å². The lowest BCUT2D eigenvalue weighted by Gasteiger charge is -2.10. The number of ether oxygens (including phenoxy) is 1. The van der Waals surface area contributed by atoms with Crippen molar-refractivity contribution in [2.45, 2.75) is 17.1 Å². The van der Waals surface area contributed by atoms with Gasteiger partial charge in [0.15, 0.2) is 5.82 Å². The molecule has 0 saturated heterocycles. The van der Waals surface area contributed by atoms with Crippen LogP contribution in [0.3, 0.4) is 0 Å². The fourth-order valence-corrected chi connectivity index (χ4v) is 4.15. The molecule has 8 heteroatoms. The van der Waals surface area contributed by atoms with Gasteiger partial charge in [-0.1, -0.05) is 42.5 Å². The second kappa shape index (κ2) is 10.6. The predicted octanol–water partition coefficient (Wildman–Crippen LogP) is 3.94. The molecule has 0 saturated carbocycles. The Labute approximate surface area is 190 Å². The number of methoxy groups -OCH3 is 1. The number of aromatic nitrogens is 4. The van der Waals surface area contributed by atoms with Crippen LogP contribution in [0, 0.1) is 0 Å². The topological polar surface area (TPSA) is 81.9 Å². The lowest BCUT2D eigenvalue weighted by atomic mass is 10.1. The van der Waals surface area contributed by atoms with Crippen molar-refractivity contribution < 1.29 is 9.53 Å². The van der Waals surface area contributed by atoms with E-state index in [4.69, 9.17) is 4.74 Å². The number of rotatable bonds is 9. The van der Waals surface area contributed by atoms with E-state index in [2.05, 4.69) is 20.8 Å². The van der Waals surface area contributed by atoms with Crippen molar-refractivity contribution >= 4 is 17.7 Å². The first kappa shape index (κ1) is 21.6. The van der Waals surface area contributed by atoms with Gasteiger partial charge in [-0.05, 0) is 58.8 Å². The highest BCUT2D eigenvalue weighted by Gasteiger charge is 2.14. The molecule has 0 fully saturated rings. The highest BCUT2D eigenvalue weighted by molar-refractivity contribution is 7.98. The molecule has 1 amide bonds. The smallest absolute Gasteiger partial charge is 0.252 e. The van der Waals surface area contributed by atoms with E-state index in [1.165, 1.54) is 11.8 Å². The standard InChI is InChI=1S/C24H23N5O2S/c1-31-20-13-11-18(12-14-20)15-16-25-24(30)21-9-5-6-10-22(21)32-17-23-26-27-28-29(23)19-7-3-2-4-8-19/h2-14H,15-17H2,1H3,(H,25,30). The molecule has 1 heterocycles. The summed E-state index contributed by atoms with van der Waals surface area (Å²) in [6.07, 6.45) is 0.747. The van der Waals surface area contributed by atoms with Gasteiger partial charge in [-0.3, -0.25) is 4.79 Å². The lowest BCUT2D eigenvalue weighted by molar-refractivity contribution is 0.0951. The molecule has 0 bridgehead atoms. The van der Waals surface area contributed by atoms with E-state index in [0.717, 1.165) is 34.1 Å². The number of benzene rings is 3. The molecule has 4 rings (SSSR count). The number of amides is 1. The molecule has 0 aliphatic carbocycles. The average Bonchev–Trinajstić information content (AvgIpc) is 3.32. The van der Waals surface area contributed by atoms with Crippen molar-refractivity contribution in [3.8, 4) is 11.4 Å². The second-order valence-corrected chi connectivity index (χ2v) is 8.00.